The molecule has 1 aliphatic heterocycles. The minimum absolute atomic E-state index is 0.0410. The summed E-state index contributed by atoms with van der Waals surface area (Å²) >= 11 is 7.96. The Kier molecular flexibility index (Phi) is 5.55. The number of halogens is 1. The Morgan fingerprint density at radius 1 is 1.07 bits per heavy atom. The molecule has 0 fully saturated rings. The van der Waals surface area contributed by atoms with E-state index >= 15 is 0 Å². The van der Waals surface area contributed by atoms with E-state index in [0.29, 0.717) is 10.3 Å². The number of rotatable bonds is 5. The van der Waals surface area contributed by atoms with Crippen LogP contribution in [0.2, 0.25) is 5.15 Å². The summed E-state index contributed by atoms with van der Waals surface area (Å²) in [7, 11) is 1.68. The van der Waals surface area contributed by atoms with Crippen LogP contribution in [0.1, 0.15) is 22.7 Å². The minimum atomic E-state index is 0.0410. The number of aromatic nitrogens is 2. The van der Waals surface area contributed by atoms with Crippen molar-refractivity contribution in [2.45, 2.75) is 17.7 Å². The lowest BCUT2D eigenvalue weighted by Gasteiger charge is -2.35. The zero-order valence-electron chi connectivity index (χ0n) is 15.7. The van der Waals surface area contributed by atoms with Gasteiger partial charge in [-0.25, -0.2) is 9.97 Å². The second-order valence-corrected chi connectivity index (χ2v) is 7.56. The zero-order chi connectivity index (χ0) is 19.5. The number of fused-ring (bicyclic) bond motifs is 1. The fourth-order valence-electron chi connectivity index (χ4n) is 3.33. The summed E-state index contributed by atoms with van der Waals surface area (Å²) in [6.07, 6.45) is 6.14. The molecule has 1 aliphatic rings. The van der Waals surface area contributed by atoms with E-state index in [1.807, 2.05) is 30.5 Å². The highest BCUT2D eigenvalue weighted by molar-refractivity contribution is 7.98. The lowest BCUT2D eigenvalue weighted by Crippen LogP contribution is -2.31. The van der Waals surface area contributed by atoms with E-state index in [0.717, 1.165) is 23.7 Å². The maximum atomic E-state index is 6.47. The van der Waals surface area contributed by atoms with Crippen LogP contribution in [-0.2, 0) is 6.54 Å². The van der Waals surface area contributed by atoms with Gasteiger partial charge in [0.2, 0.25) is 0 Å². The van der Waals surface area contributed by atoms with Gasteiger partial charge >= 0.3 is 0 Å². The monoisotopic (exact) mass is 409 g/mol. The van der Waals surface area contributed by atoms with E-state index in [2.05, 4.69) is 52.4 Å². The van der Waals surface area contributed by atoms with Crippen LogP contribution in [0, 0.1) is 0 Å². The molecule has 0 N–H and O–H groups in total. The Balaban J connectivity index is 1.80. The molecule has 0 spiro atoms. The molecule has 6 heteroatoms. The predicted molar refractivity (Wildman–Crippen MR) is 116 cm³/mol. The molecule has 0 saturated heterocycles. The molecule has 1 aromatic heterocycles. The van der Waals surface area contributed by atoms with Crippen LogP contribution in [0.3, 0.4) is 0 Å². The van der Waals surface area contributed by atoms with Gasteiger partial charge in [0.25, 0.3) is 0 Å². The van der Waals surface area contributed by atoms with Crippen LogP contribution in [0.4, 0.5) is 5.82 Å². The number of ether oxygens (including phenoxy) is 1. The Morgan fingerprint density at radius 2 is 1.82 bits per heavy atom. The van der Waals surface area contributed by atoms with Crippen LogP contribution in [-0.4, -0.2) is 23.3 Å². The molecule has 1 atom stereocenters. The van der Waals surface area contributed by atoms with Gasteiger partial charge < -0.3 is 9.64 Å². The third-order valence-electron chi connectivity index (χ3n) is 4.75. The minimum Gasteiger partial charge on any atom is -0.497 e. The fraction of sp³-hybridized carbons (Fsp3) is 0.182. The van der Waals surface area contributed by atoms with Crippen molar-refractivity contribution in [1.29, 1.82) is 0 Å². The van der Waals surface area contributed by atoms with Crippen LogP contribution in [0.25, 0.3) is 6.08 Å². The van der Waals surface area contributed by atoms with Gasteiger partial charge in [-0.1, -0.05) is 71.9 Å². The predicted octanol–water partition coefficient (Wildman–Crippen LogP) is 5.64. The molecule has 28 heavy (non-hydrogen) atoms. The van der Waals surface area contributed by atoms with Crippen LogP contribution >= 0.6 is 23.4 Å². The summed E-state index contributed by atoms with van der Waals surface area (Å²) in [6.45, 7) is 0.718. The number of nitrogens with zero attached hydrogens (tertiary/aromatic N) is 3. The van der Waals surface area contributed by atoms with Gasteiger partial charge in [0, 0.05) is 6.54 Å². The maximum absolute atomic E-state index is 6.47. The van der Waals surface area contributed by atoms with Crippen molar-refractivity contribution in [3.8, 4) is 5.75 Å². The standard InChI is InChI=1S/C22H20ClN3OS/c1-27-17-10-8-16(9-11-17)19-13-12-18-20(23)24-22(28-2)25-21(18)26(19)14-15-6-4-3-5-7-15/h3-13,19H,14H2,1-2H3. The Hall–Kier alpha value is -2.50. The summed E-state index contributed by atoms with van der Waals surface area (Å²) in [6, 6.07) is 18.6. The molecule has 0 saturated carbocycles. The number of hydrogen-bond acceptors (Lipinski definition) is 5. The lowest BCUT2D eigenvalue weighted by molar-refractivity contribution is 0.414. The average Bonchev–Trinajstić information content (AvgIpc) is 2.75. The molecule has 0 aliphatic carbocycles. The van der Waals surface area contributed by atoms with Gasteiger partial charge in [0.15, 0.2) is 5.16 Å². The summed E-state index contributed by atoms with van der Waals surface area (Å²) in [4.78, 5) is 11.5. The van der Waals surface area contributed by atoms with Gasteiger partial charge in [0.05, 0.1) is 18.7 Å². The van der Waals surface area contributed by atoms with E-state index in [-0.39, 0.29) is 6.04 Å². The van der Waals surface area contributed by atoms with Gasteiger partial charge in [-0.05, 0) is 35.6 Å². The number of thioether (sulfide) groups is 1. The third-order valence-corrected chi connectivity index (χ3v) is 5.58. The zero-order valence-corrected chi connectivity index (χ0v) is 17.2. The highest BCUT2D eigenvalue weighted by atomic mass is 35.5. The van der Waals surface area contributed by atoms with Gasteiger partial charge in [-0.15, -0.1) is 0 Å². The van der Waals surface area contributed by atoms with Crippen molar-refractivity contribution in [3.63, 3.8) is 0 Å². The fourth-order valence-corrected chi connectivity index (χ4v) is 3.97. The summed E-state index contributed by atoms with van der Waals surface area (Å²) in [5.41, 5.74) is 3.24. The summed E-state index contributed by atoms with van der Waals surface area (Å²) < 4.78 is 5.31. The highest BCUT2D eigenvalue weighted by Gasteiger charge is 2.28. The largest absolute Gasteiger partial charge is 0.497 e. The van der Waals surface area contributed by atoms with Crippen LogP contribution in [0.15, 0.2) is 65.8 Å². The molecule has 2 heterocycles. The molecule has 0 radical (unpaired) electrons. The molecule has 0 amide bonds. The molecule has 4 rings (SSSR count). The average molecular weight is 410 g/mol. The Bertz CT molecular complexity index is 993. The molecule has 2 aromatic carbocycles. The van der Waals surface area contributed by atoms with Crippen molar-refractivity contribution in [3.05, 3.63) is 82.5 Å². The molecule has 0 bridgehead atoms. The molecular weight excluding hydrogens is 390 g/mol. The Labute approximate surface area is 174 Å². The molecule has 142 valence electrons. The smallest absolute Gasteiger partial charge is 0.190 e. The van der Waals surface area contributed by atoms with Crippen molar-refractivity contribution in [2.24, 2.45) is 0 Å². The van der Waals surface area contributed by atoms with Crippen molar-refractivity contribution >= 4 is 35.3 Å². The van der Waals surface area contributed by atoms with Crippen LogP contribution < -0.4 is 9.64 Å². The first-order chi connectivity index (χ1) is 13.7. The van der Waals surface area contributed by atoms with E-state index in [9.17, 15) is 0 Å². The maximum Gasteiger partial charge on any atom is 0.190 e. The molecular formula is C22H20ClN3OS. The highest BCUT2D eigenvalue weighted by Crippen LogP contribution is 2.39. The first-order valence-corrected chi connectivity index (χ1v) is 10.5. The van der Waals surface area contributed by atoms with E-state index in [1.54, 1.807) is 7.11 Å². The number of methoxy groups -OCH3 is 1. The van der Waals surface area contributed by atoms with Crippen molar-refractivity contribution in [2.75, 3.05) is 18.3 Å². The van der Waals surface area contributed by atoms with E-state index in [4.69, 9.17) is 21.3 Å². The second-order valence-electron chi connectivity index (χ2n) is 6.43. The van der Waals surface area contributed by atoms with Gasteiger partial charge in [-0.3, -0.25) is 0 Å². The Morgan fingerprint density at radius 3 is 2.50 bits per heavy atom. The van der Waals surface area contributed by atoms with Crippen LogP contribution in [0.5, 0.6) is 5.75 Å². The van der Waals surface area contributed by atoms with Gasteiger partial charge in [-0.2, -0.15) is 0 Å². The lowest BCUT2D eigenvalue weighted by atomic mass is 9.99. The number of benzene rings is 2. The van der Waals surface area contributed by atoms with Gasteiger partial charge in [0.1, 0.15) is 16.7 Å². The summed E-state index contributed by atoms with van der Waals surface area (Å²) in [5.74, 6) is 1.70. The van der Waals surface area contributed by atoms with Crippen molar-refractivity contribution in [1.82, 2.24) is 9.97 Å². The number of anilines is 1. The third kappa shape index (κ3) is 3.73. The first kappa shape index (κ1) is 18.8. The van der Waals surface area contributed by atoms with E-state index < -0.39 is 0 Å². The summed E-state index contributed by atoms with van der Waals surface area (Å²) in [5, 5.41) is 1.16. The number of hydrogen-bond donors (Lipinski definition) is 0. The first-order valence-electron chi connectivity index (χ1n) is 8.94. The molecule has 4 nitrogen and oxygen atoms in total. The molecule has 3 aromatic rings. The topological polar surface area (TPSA) is 38.3 Å². The quantitative estimate of drug-likeness (QED) is 0.310. The van der Waals surface area contributed by atoms with E-state index in [1.165, 1.54) is 22.9 Å². The molecule has 1 unspecified atom stereocenters. The second kappa shape index (κ2) is 8.25. The van der Waals surface area contributed by atoms with Crippen molar-refractivity contribution < 1.29 is 4.74 Å². The SMILES string of the molecule is COc1ccc(C2C=Cc3c(Cl)nc(SC)nc3N2Cc2ccccc2)cc1. The normalized spacial score (nSPS) is 15.4.